The second kappa shape index (κ2) is 24.2. The van der Waals surface area contributed by atoms with E-state index in [9.17, 15) is 40.0 Å². The van der Waals surface area contributed by atoms with Gasteiger partial charge in [-0.2, -0.15) is 0 Å². The summed E-state index contributed by atoms with van der Waals surface area (Å²) < 4.78 is 80.9. The van der Waals surface area contributed by atoms with Crippen molar-refractivity contribution in [3.8, 4) is 0 Å². The molecule has 0 aliphatic heterocycles. The number of unbranched alkanes of at least 4 members (excludes halogenated alkanes) is 2. The maximum Gasteiger partial charge on any atom is 0.335 e. The first-order valence-corrected chi connectivity index (χ1v) is 24.9. The van der Waals surface area contributed by atoms with Crippen LogP contribution < -0.4 is 9.62 Å². The van der Waals surface area contributed by atoms with E-state index in [0.29, 0.717) is 56.0 Å². The molecule has 6 aromatic carbocycles. The maximum atomic E-state index is 14.4. The average molecular weight is 953 g/mol. The van der Waals surface area contributed by atoms with Crippen LogP contribution in [0.3, 0.4) is 0 Å². The Morgan fingerprint density at radius 1 is 0.612 bits per heavy atom. The molecule has 0 aliphatic carbocycles. The monoisotopic (exact) mass is 952 g/mol. The van der Waals surface area contributed by atoms with E-state index < -0.39 is 48.3 Å². The van der Waals surface area contributed by atoms with Crippen LogP contribution in [-0.2, 0) is 45.5 Å². The third kappa shape index (κ3) is 14.6. The summed E-state index contributed by atoms with van der Waals surface area (Å²) in [5.41, 5.74) is 6.31. The number of carbonyl (C=O) groups is 3. The second-order valence-corrected chi connectivity index (χ2v) is 19.8. The number of carbonyl (C=O) groups excluding carboxylic acids is 1. The van der Waals surface area contributed by atoms with Gasteiger partial charge in [0.1, 0.15) is 16.5 Å². The highest BCUT2D eigenvalue weighted by Crippen LogP contribution is 2.30. The number of hydrogen-bond acceptors (Lipinski definition) is 8. The topological polar surface area (TPSA) is 175 Å². The highest BCUT2D eigenvalue weighted by molar-refractivity contribution is 7.93. The van der Waals surface area contributed by atoms with E-state index in [2.05, 4.69) is 11.4 Å². The van der Waals surface area contributed by atoms with Crippen molar-refractivity contribution in [2.75, 3.05) is 28.5 Å². The SMILES string of the molecule is CC(=O)c1ccc(S(=O)(=O)CCCCNc2ccccc2CCc2ccc(C(=O)O)cc2)cc1.CCCCN(c1ccccc1CCc1ccc(C(=O)O)cc1)S(=O)(=O)c1ccc(F)cc1F. The van der Waals surface area contributed by atoms with Gasteiger partial charge in [-0.25, -0.2) is 35.2 Å². The zero-order valence-corrected chi connectivity index (χ0v) is 39.0. The van der Waals surface area contributed by atoms with Gasteiger partial charge in [0.05, 0.1) is 27.5 Å². The number of Topliss-reactive ketones (excluding diaryl/α,β-unsaturated/α-hetero) is 1. The lowest BCUT2D eigenvalue weighted by Crippen LogP contribution is -2.33. The van der Waals surface area contributed by atoms with Gasteiger partial charge in [0.15, 0.2) is 15.6 Å². The zero-order chi connectivity index (χ0) is 48.6. The van der Waals surface area contributed by atoms with Crippen LogP contribution in [0, 0.1) is 11.6 Å². The minimum Gasteiger partial charge on any atom is -0.478 e. The van der Waals surface area contributed by atoms with Gasteiger partial charge in [0.25, 0.3) is 10.0 Å². The van der Waals surface area contributed by atoms with Gasteiger partial charge in [-0.3, -0.25) is 9.10 Å². The molecule has 15 heteroatoms. The summed E-state index contributed by atoms with van der Waals surface area (Å²) in [6.07, 6.45) is 5.18. The predicted octanol–water partition coefficient (Wildman–Crippen LogP) is 10.5. The molecule has 0 radical (unpaired) electrons. The van der Waals surface area contributed by atoms with Crippen molar-refractivity contribution >= 4 is 49.0 Å². The summed E-state index contributed by atoms with van der Waals surface area (Å²) in [6, 6.07) is 37.0. The third-order valence-electron chi connectivity index (χ3n) is 11.0. The molecule has 3 N–H and O–H groups in total. The lowest BCUT2D eigenvalue weighted by Gasteiger charge is -2.27. The van der Waals surface area contributed by atoms with Crippen LogP contribution in [0.5, 0.6) is 0 Å². The van der Waals surface area contributed by atoms with Crippen molar-refractivity contribution in [3.05, 3.63) is 190 Å². The molecule has 67 heavy (non-hydrogen) atoms. The maximum absolute atomic E-state index is 14.4. The van der Waals surface area contributed by atoms with E-state index in [1.807, 2.05) is 43.3 Å². The number of halogens is 2. The van der Waals surface area contributed by atoms with Gasteiger partial charge in [0, 0.05) is 30.4 Å². The van der Waals surface area contributed by atoms with Gasteiger partial charge >= 0.3 is 11.9 Å². The number of nitrogens with one attached hydrogen (secondary N) is 1. The smallest absolute Gasteiger partial charge is 0.335 e. The molecule has 0 aliphatic rings. The van der Waals surface area contributed by atoms with Crippen molar-refractivity contribution in [2.45, 2.75) is 75.0 Å². The van der Waals surface area contributed by atoms with Gasteiger partial charge in [-0.05, 0) is 135 Å². The van der Waals surface area contributed by atoms with E-state index in [-0.39, 0.29) is 34.1 Å². The van der Waals surface area contributed by atoms with Crippen molar-refractivity contribution in [2.24, 2.45) is 0 Å². The lowest BCUT2D eigenvalue weighted by atomic mass is 10.0. The van der Waals surface area contributed by atoms with Crippen LogP contribution in [0.2, 0.25) is 0 Å². The van der Waals surface area contributed by atoms with Gasteiger partial charge in [-0.1, -0.05) is 86.1 Å². The number of benzene rings is 6. The average Bonchev–Trinajstić information content (AvgIpc) is 3.31. The molecule has 0 atom stereocenters. The Morgan fingerprint density at radius 3 is 1.70 bits per heavy atom. The molecule has 352 valence electrons. The molecule has 0 spiro atoms. The van der Waals surface area contributed by atoms with E-state index in [1.165, 1.54) is 35.5 Å². The summed E-state index contributed by atoms with van der Waals surface area (Å²) >= 11 is 0. The minimum absolute atomic E-state index is 0.0576. The Kier molecular flexibility index (Phi) is 18.5. The molecular weight excluding hydrogens is 899 g/mol. The Labute approximate surface area is 391 Å². The number of para-hydroxylation sites is 2. The van der Waals surface area contributed by atoms with Crippen LogP contribution in [0.1, 0.15) is 92.9 Å². The van der Waals surface area contributed by atoms with Gasteiger partial charge in [-0.15, -0.1) is 0 Å². The first kappa shape index (κ1) is 51.3. The van der Waals surface area contributed by atoms with E-state index in [4.69, 9.17) is 10.2 Å². The largest absolute Gasteiger partial charge is 0.478 e. The number of carboxylic acid groups (broad SMARTS) is 2. The van der Waals surface area contributed by atoms with Crippen LogP contribution in [0.4, 0.5) is 20.2 Å². The standard InChI is InChI=1S/C27H29NO5S.C25H25F2NO4S/c1-20(29)22-14-16-25(17-15-22)34(32,33)19-5-4-18-28-26-7-3-2-6-23(26)11-8-21-9-12-24(13-10-21)27(30)31;1-2-3-16-28(33(31,32)24-15-14-21(26)17-22(24)27)23-7-5-4-6-19(23)11-8-18-9-12-20(13-10-18)25(29)30/h2-3,6-7,9-10,12-17,28H,4-5,8,11,18-19H2,1H3,(H,30,31);4-7,9-10,12-15,17H,2-3,8,11,16H2,1H3,(H,29,30). The fourth-order valence-electron chi connectivity index (χ4n) is 7.19. The zero-order valence-electron chi connectivity index (χ0n) is 37.3. The van der Waals surface area contributed by atoms with Crippen LogP contribution in [0.15, 0.2) is 149 Å². The van der Waals surface area contributed by atoms with E-state index >= 15 is 0 Å². The Bertz CT molecular complexity index is 2860. The van der Waals surface area contributed by atoms with Crippen molar-refractivity contribution in [1.29, 1.82) is 0 Å². The first-order chi connectivity index (χ1) is 32.0. The molecule has 0 unspecified atom stereocenters. The lowest BCUT2D eigenvalue weighted by molar-refractivity contribution is 0.0686. The summed E-state index contributed by atoms with van der Waals surface area (Å²) in [5.74, 6) is -3.95. The van der Waals surface area contributed by atoms with Crippen molar-refractivity contribution in [1.82, 2.24) is 0 Å². The number of ketones is 1. The molecule has 0 saturated carbocycles. The fraction of sp³-hybridized carbons (Fsp3) is 0.250. The number of carboxylic acids is 2. The second-order valence-electron chi connectivity index (χ2n) is 15.8. The Balaban J connectivity index is 0.000000251. The molecule has 0 fully saturated rings. The van der Waals surface area contributed by atoms with E-state index in [0.717, 1.165) is 59.3 Å². The number of rotatable bonds is 22. The normalized spacial score (nSPS) is 11.3. The number of nitrogens with zero attached hydrogens (tertiary/aromatic N) is 1. The summed E-state index contributed by atoms with van der Waals surface area (Å²) in [6.45, 7) is 4.19. The highest BCUT2D eigenvalue weighted by Gasteiger charge is 2.29. The number of hydrogen-bond donors (Lipinski definition) is 3. The minimum atomic E-state index is -4.27. The first-order valence-electron chi connectivity index (χ1n) is 21.9. The molecule has 0 amide bonds. The van der Waals surface area contributed by atoms with Crippen molar-refractivity contribution < 1.29 is 50.2 Å². The molecule has 6 rings (SSSR count). The van der Waals surface area contributed by atoms with E-state index in [1.54, 1.807) is 54.6 Å². The number of aryl methyl sites for hydroxylation is 4. The molecular formula is C52H54F2N2O9S2. The van der Waals surface area contributed by atoms with Crippen LogP contribution >= 0.6 is 0 Å². The molecule has 6 aromatic rings. The summed E-state index contributed by atoms with van der Waals surface area (Å²) in [4.78, 5) is 33.1. The summed E-state index contributed by atoms with van der Waals surface area (Å²) in [7, 11) is -7.65. The Hall–Kier alpha value is -6.71. The number of sulfonamides is 1. The van der Waals surface area contributed by atoms with Crippen molar-refractivity contribution in [3.63, 3.8) is 0 Å². The quantitative estimate of drug-likeness (QED) is 0.0439. The fourth-order valence-corrected chi connectivity index (χ4v) is 10.2. The molecule has 0 heterocycles. The summed E-state index contributed by atoms with van der Waals surface area (Å²) in [5, 5.41) is 21.5. The third-order valence-corrected chi connectivity index (χ3v) is 14.7. The molecule has 0 saturated heterocycles. The molecule has 0 aromatic heterocycles. The number of anilines is 2. The Morgan fingerprint density at radius 2 is 1.15 bits per heavy atom. The van der Waals surface area contributed by atoms with Gasteiger partial charge < -0.3 is 15.5 Å². The number of sulfone groups is 1. The molecule has 0 bridgehead atoms. The number of aromatic carboxylic acids is 2. The highest BCUT2D eigenvalue weighted by atomic mass is 32.2. The van der Waals surface area contributed by atoms with Crippen LogP contribution in [0.25, 0.3) is 0 Å². The van der Waals surface area contributed by atoms with Crippen LogP contribution in [-0.4, -0.2) is 63.6 Å². The molecule has 11 nitrogen and oxygen atoms in total. The van der Waals surface area contributed by atoms with Gasteiger partial charge in [0.2, 0.25) is 0 Å². The predicted molar refractivity (Wildman–Crippen MR) is 257 cm³/mol.